The monoisotopic (exact) mass is 316 g/mol. The van der Waals surface area contributed by atoms with Crippen LogP contribution in [0.25, 0.3) is 0 Å². The summed E-state index contributed by atoms with van der Waals surface area (Å²) in [6.07, 6.45) is 11.5. The summed E-state index contributed by atoms with van der Waals surface area (Å²) >= 11 is 0. The third-order valence-corrected chi connectivity index (χ3v) is 4.90. The Hall–Kier alpha value is -1.12. The molecular formula is C21H32O2. The van der Waals surface area contributed by atoms with Crippen LogP contribution in [0.2, 0.25) is 0 Å². The fourth-order valence-electron chi connectivity index (χ4n) is 3.12. The summed E-state index contributed by atoms with van der Waals surface area (Å²) in [6.45, 7) is 8.14. The van der Waals surface area contributed by atoms with Gasteiger partial charge < -0.3 is 9.47 Å². The Morgan fingerprint density at radius 2 is 1.83 bits per heavy atom. The van der Waals surface area contributed by atoms with E-state index in [2.05, 4.69) is 49.9 Å². The first-order chi connectivity index (χ1) is 11.2. The average molecular weight is 316 g/mol. The molecule has 0 spiro atoms. The second kappa shape index (κ2) is 9.89. The molecular weight excluding hydrogens is 284 g/mol. The molecule has 0 amide bonds. The Balaban J connectivity index is 1.62. The highest BCUT2D eigenvalue weighted by Crippen LogP contribution is 2.31. The minimum atomic E-state index is 0.0487. The number of aryl methyl sites for hydroxylation is 1. The summed E-state index contributed by atoms with van der Waals surface area (Å²) in [7, 11) is 0. The molecule has 128 valence electrons. The third kappa shape index (κ3) is 6.88. The summed E-state index contributed by atoms with van der Waals surface area (Å²) in [5.74, 6) is 0. The molecule has 1 saturated heterocycles. The highest BCUT2D eigenvalue weighted by molar-refractivity contribution is 5.15. The average Bonchev–Trinajstić information content (AvgIpc) is 2.61. The molecule has 1 aliphatic rings. The first-order valence-electron chi connectivity index (χ1n) is 9.13. The van der Waals surface area contributed by atoms with Crippen molar-refractivity contribution in [2.75, 3.05) is 13.2 Å². The van der Waals surface area contributed by atoms with E-state index in [9.17, 15) is 0 Å². The molecule has 1 heterocycles. The van der Waals surface area contributed by atoms with Gasteiger partial charge in [0.2, 0.25) is 0 Å². The van der Waals surface area contributed by atoms with Crippen LogP contribution in [0, 0.1) is 5.41 Å². The van der Waals surface area contributed by atoms with E-state index in [1.54, 1.807) is 0 Å². The quantitative estimate of drug-likeness (QED) is 0.417. The molecule has 0 radical (unpaired) electrons. The number of ether oxygens (including phenoxy) is 2. The van der Waals surface area contributed by atoms with Gasteiger partial charge in [-0.05, 0) is 49.5 Å². The van der Waals surface area contributed by atoms with Crippen molar-refractivity contribution in [1.29, 1.82) is 0 Å². The van der Waals surface area contributed by atoms with Crippen molar-refractivity contribution < 1.29 is 9.47 Å². The maximum Gasteiger partial charge on any atom is 0.157 e. The van der Waals surface area contributed by atoms with Crippen LogP contribution in [0.4, 0.5) is 0 Å². The summed E-state index contributed by atoms with van der Waals surface area (Å²) in [4.78, 5) is 0. The molecule has 0 N–H and O–H groups in total. The zero-order chi connectivity index (χ0) is 16.4. The normalized spacial score (nSPS) is 18.5. The molecule has 2 heteroatoms. The van der Waals surface area contributed by atoms with E-state index in [4.69, 9.17) is 9.47 Å². The van der Waals surface area contributed by atoms with Crippen molar-refractivity contribution in [2.45, 2.75) is 64.6 Å². The molecule has 0 bridgehead atoms. The van der Waals surface area contributed by atoms with Crippen LogP contribution in [-0.2, 0) is 15.9 Å². The lowest BCUT2D eigenvalue weighted by atomic mass is 9.79. The van der Waals surface area contributed by atoms with Gasteiger partial charge in [0.15, 0.2) is 6.29 Å². The van der Waals surface area contributed by atoms with E-state index in [0.29, 0.717) is 0 Å². The third-order valence-electron chi connectivity index (χ3n) is 4.90. The number of hydrogen-bond acceptors (Lipinski definition) is 2. The molecule has 23 heavy (non-hydrogen) atoms. The number of hydrogen-bond donors (Lipinski definition) is 0. The maximum absolute atomic E-state index is 5.60. The summed E-state index contributed by atoms with van der Waals surface area (Å²) in [5.41, 5.74) is 1.67. The Kier molecular flexibility index (Phi) is 7.84. The van der Waals surface area contributed by atoms with Crippen LogP contribution in [0.3, 0.4) is 0 Å². The topological polar surface area (TPSA) is 18.5 Å². The molecule has 1 aromatic carbocycles. The van der Waals surface area contributed by atoms with Crippen molar-refractivity contribution in [2.24, 2.45) is 5.41 Å². The fraction of sp³-hybridized carbons (Fsp3) is 0.619. The van der Waals surface area contributed by atoms with Crippen LogP contribution < -0.4 is 0 Å². The van der Waals surface area contributed by atoms with Gasteiger partial charge in [0.05, 0.1) is 13.2 Å². The molecule has 0 unspecified atom stereocenters. The van der Waals surface area contributed by atoms with Gasteiger partial charge in [-0.3, -0.25) is 0 Å². The van der Waals surface area contributed by atoms with Crippen LogP contribution in [0.5, 0.6) is 0 Å². The van der Waals surface area contributed by atoms with E-state index in [1.807, 2.05) is 0 Å². The van der Waals surface area contributed by atoms with Crippen molar-refractivity contribution in [3.63, 3.8) is 0 Å². The van der Waals surface area contributed by atoms with Gasteiger partial charge in [-0.15, -0.1) is 6.58 Å². The molecule has 0 aliphatic carbocycles. The summed E-state index contributed by atoms with van der Waals surface area (Å²) in [5, 5.41) is 0. The van der Waals surface area contributed by atoms with Crippen molar-refractivity contribution in [3.8, 4) is 0 Å². The Labute approximate surface area is 141 Å². The van der Waals surface area contributed by atoms with Gasteiger partial charge in [-0.1, -0.05) is 56.2 Å². The number of unbranched alkanes of at least 4 members (excludes halogenated alkanes) is 2. The number of benzene rings is 1. The largest absolute Gasteiger partial charge is 0.353 e. The lowest BCUT2D eigenvalue weighted by Gasteiger charge is -2.26. The summed E-state index contributed by atoms with van der Waals surface area (Å²) < 4.78 is 11.2. The highest BCUT2D eigenvalue weighted by atomic mass is 16.7. The first-order valence-corrected chi connectivity index (χ1v) is 9.13. The second-order valence-electron chi connectivity index (χ2n) is 6.97. The Bertz CT molecular complexity index is 436. The molecule has 1 aromatic rings. The highest BCUT2D eigenvalue weighted by Gasteiger charge is 2.20. The fourth-order valence-corrected chi connectivity index (χ4v) is 3.12. The standard InChI is InChI=1S/C21H32O2/c1-3-21(2,16-14-19-11-6-4-7-12-19)15-9-5-8-13-20-22-17-10-18-23-20/h3-4,6-7,11-12,20H,1,5,8-10,13-18H2,2H3/t21-/m0/s1. The Morgan fingerprint density at radius 3 is 2.52 bits per heavy atom. The maximum atomic E-state index is 5.60. The predicted molar refractivity (Wildman–Crippen MR) is 96.5 cm³/mol. The minimum absolute atomic E-state index is 0.0487. The van der Waals surface area contributed by atoms with Gasteiger partial charge in [-0.25, -0.2) is 0 Å². The second-order valence-corrected chi connectivity index (χ2v) is 6.97. The lowest BCUT2D eigenvalue weighted by molar-refractivity contribution is -0.181. The van der Waals surface area contributed by atoms with Crippen molar-refractivity contribution in [3.05, 3.63) is 48.6 Å². The van der Waals surface area contributed by atoms with E-state index < -0.39 is 0 Å². The smallest absolute Gasteiger partial charge is 0.157 e. The predicted octanol–water partition coefficient (Wildman–Crippen LogP) is 5.53. The van der Waals surface area contributed by atoms with Gasteiger partial charge in [-0.2, -0.15) is 0 Å². The molecule has 0 saturated carbocycles. The molecule has 0 aromatic heterocycles. The molecule has 1 aliphatic heterocycles. The summed E-state index contributed by atoms with van der Waals surface area (Å²) in [6, 6.07) is 10.8. The molecule has 2 rings (SSSR count). The van der Waals surface area contributed by atoms with Gasteiger partial charge in [0, 0.05) is 0 Å². The van der Waals surface area contributed by atoms with Gasteiger partial charge in [0.1, 0.15) is 0 Å². The molecule has 2 nitrogen and oxygen atoms in total. The van der Waals surface area contributed by atoms with E-state index in [-0.39, 0.29) is 11.7 Å². The number of allylic oxidation sites excluding steroid dienone is 1. The van der Waals surface area contributed by atoms with Gasteiger partial charge in [0.25, 0.3) is 0 Å². The van der Waals surface area contributed by atoms with Gasteiger partial charge >= 0.3 is 0 Å². The lowest BCUT2D eigenvalue weighted by Crippen LogP contribution is -2.24. The molecule has 1 fully saturated rings. The zero-order valence-corrected chi connectivity index (χ0v) is 14.6. The van der Waals surface area contributed by atoms with Crippen LogP contribution in [0.15, 0.2) is 43.0 Å². The molecule has 1 atom stereocenters. The zero-order valence-electron chi connectivity index (χ0n) is 14.6. The van der Waals surface area contributed by atoms with E-state index >= 15 is 0 Å². The SMILES string of the molecule is C=C[C@@](C)(CCCCCC1OCCCO1)CCc1ccccc1. The van der Waals surface area contributed by atoms with E-state index in [1.165, 1.54) is 37.7 Å². The van der Waals surface area contributed by atoms with Crippen molar-refractivity contribution >= 4 is 0 Å². The Morgan fingerprint density at radius 1 is 1.09 bits per heavy atom. The van der Waals surface area contributed by atoms with Crippen LogP contribution in [-0.4, -0.2) is 19.5 Å². The van der Waals surface area contributed by atoms with E-state index in [0.717, 1.165) is 32.5 Å². The number of rotatable bonds is 10. The minimum Gasteiger partial charge on any atom is -0.353 e. The van der Waals surface area contributed by atoms with Crippen LogP contribution >= 0.6 is 0 Å². The van der Waals surface area contributed by atoms with Crippen LogP contribution in [0.1, 0.15) is 57.4 Å². The van der Waals surface area contributed by atoms with Crippen molar-refractivity contribution in [1.82, 2.24) is 0 Å². The first kappa shape index (κ1) is 18.2.